The van der Waals surface area contributed by atoms with Gasteiger partial charge in [0, 0.05) is 6.54 Å². The van der Waals surface area contributed by atoms with Crippen LogP contribution in [0.5, 0.6) is 0 Å². The number of hydrogen-bond donors (Lipinski definition) is 1. The number of esters is 1. The summed E-state index contributed by atoms with van der Waals surface area (Å²) in [5, 5.41) is 0. The Kier molecular flexibility index (Phi) is 6.52. The molecule has 0 aromatic carbocycles. The summed E-state index contributed by atoms with van der Waals surface area (Å²) in [4.78, 5) is 13.9. The van der Waals surface area contributed by atoms with Crippen molar-refractivity contribution >= 4 is 5.97 Å². The van der Waals surface area contributed by atoms with E-state index in [1.807, 2.05) is 13.8 Å². The highest BCUT2D eigenvalue weighted by Gasteiger charge is 2.22. The second kappa shape index (κ2) is 7.67. The van der Waals surface area contributed by atoms with Crippen molar-refractivity contribution in [3.05, 3.63) is 0 Å². The largest absolute Gasteiger partial charge is 0.466 e. The predicted molar refractivity (Wildman–Crippen MR) is 68.6 cm³/mol. The van der Waals surface area contributed by atoms with E-state index in [0.717, 1.165) is 38.5 Å². The summed E-state index contributed by atoms with van der Waals surface area (Å²) in [6.45, 7) is 8.08. The van der Waals surface area contributed by atoms with Gasteiger partial charge >= 0.3 is 5.97 Å². The van der Waals surface area contributed by atoms with E-state index in [1.165, 1.54) is 12.8 Å². The Morgan fingerprint density at radius 3 is 2.65 bits per heavy atom. The standard InChI is InChI=1S/C13H26N2O2/c1-3-17-13(16)11(2)10-15-8-5-12(4-7-14)6-9-15/h11-12H,3-10,14H2,1-2H3. The summed E-state index contributed by atoms with van der Waals surface area (Å²) < 4.78 is 5.02. The summed E-state index contributed by atoms with van der Waals surface area (Å²) in [5.74, 6) is 0.701. The highest BCUT2D eigenvalue weighted by molar-refractivity contribution is 5.72. The fraction of sp³-hybridized carbons (Fsp3) is 0.923. The van der Waals surface area contributed by atoms with Crippen molar-refractivity contribution in [2.24, 2.45) is 17.6 Å². The van der Waals surface area contributed by atoms with Gasteiger partial charge < -0.3 is 15.4 Å². The number of piperidine rings is 1. The molecule has 0 aliphatic carbocycles. The fourth-order valence-electron chi connectivity index (χ4n) is 2.44. The van der Waals surface area contributed by atoms with Crippen LogP contribution in [0.25, 0.3) is 0 Å². The zero-order valence-electron chi connectivity index (χ0n) is 11.2. The van der Waals surface area contributed by atoms with Crippen LogP contribution < -0.4 is 5.73 Å². The molecule has 100 valence electrons. The molecule has 0 saturated carbocycles. The van der Waals surface area contributed by atoms with Gasteiger partial charge in [0.2, 0.25) is 0 Å². The minimum absolute atomic E-state index is 0.0130. The van der Waals surface area contributed by atoms with Crippen molar-refractivity contribution in [3.63, 3.8) is 0 Å². The van der Waals surface area contributed by atoms with E-state index in [4.69, 9.17) is 10.5 Å². The molecule has 1 aliphatic rings. The summed E-state index contributed by atoms with van der Waals surface area (Å²) in [6.07, 6.45) is 3.57. The predicted octanol–water partition coefficient (Wildman–Crippen LogP) is 1.25. The van der Waals surface area contributed by atoms with E-state index in [0.29, 0.717) is 6.61 Å². The maximum atomic E-state index is 11.5. The van der Waals surface area contributed by atoms with E-state index in [9.17, 15) is 4.79 Å². The molecule has 17 heavy (non-hydrogen) atoms. The zero-order valence-corrected chi connectivity index (χ0v) is 11.2. The van der Waals surface area contributed by atoms with Crippen LogP contribution in [-0.2, 0) is 9.53 Å². The lowest BCUT2D eigenvalue weighted by Gasteiger charge is -2.32. The Morgan fingerprint density at radius 1 is 1.47 bits per heavy atom. The molecule has 2 N–H and O–H groups in total. The Bertz CT molecular complexity index is 225. The van der Waals surface area contributed by atoms with Gasteiger partial charge in [0.15, 0.2) is 0 Å². The molecule has 1 rings (SSSR count). The van der Waals surface area contributed by atoms with Gasteiger partial charge in [0.05, 0.1) is 12.5 Å². The van der Waals surface area contributed by atoms with Crippen LogP contribution in [0.15, 0.2) is 0 Å². The van der Waals surface area contributed by atoms with Crippen LogP contribution in [-0.4, -0.2) is 43.7 Å². The molecule has 0 aromatic heterocycles. The first kappa shape index (κ1) is 14.5. The lowest BCUT2D eigenvalue weighted by molar-refractivity contribution is -0.148. The van der Waals surface area contributed by atoms with Gasteiger partial charge in [-0.2, -0.15) is 0 Å². The molecule has 0 bridgehead atoms. The highest BCUT2D eigenvalue weighted by Crippen LogP contribution is 2.20. The smallest absolute Gasteiger partial charge is 0.309 e. The molecule has 1 atom stereocenters. The van der Waals surface area contributed by atoms with Gasteiger partial charge in [0.1, 0.15) is 0 Å². The van der Waals surface area contributed by atoms with Crippen molar-refractivity contribution in [1.29, 1.82) is 0 Å². The Labute approximate surface area is 104 Å². The van der Waals surface area contributed by atoms with Crippen molar-refractivity contribution < 1.29 is 9.53 Å². The first-order chi connectivity index (χ1) is 8.17. The van der Waals surface area contributed by atoms with Gasteiger partial charge in [-0.15, -0.1) is 0 Å². The number of carbonyl (C=O) groups is 1. The molecular formula is C13H26N2O2. The van der Waals surface area contributed by atoms with Crippen LogP contribution in [0.3, 0.4) is 0 Å². The number of rotatable bonds is 6. The molecular weight excluding hydrogens is 216 g/mol. The summed E-state index contributed by atoms with van der Waals surface area (Å²) >= 11 is 0. The molecule has 0 radical (unpaired) electrons. The maximum absolute atomic E-state index is 11.5. The first-order valence-corrected chi connectivity index (χ1v) is 6.76. The number of likely N-dealkylation sites (tertiary alicyclic amines) is 1. The fourth-order valence-corrected chi connectivity index (χ4v) is 2.44. The van der Waals surface area contributed by atoms with Crippen molar-refractivity contribution in [3.8, 4) is 0 Å². The van der Waals surface area contributed by atoms with E-state index < -0.39 is 0 Å². The first-order valence-electron chi connectivity index (χ1n) is 6.76. The van der Waals surface area contributed by atoms with Crippen molar-refractivity contribution in [2.75, 3.05) is 32.8 Å². The average molecular weight is 242 g/mol. The van der Waals surface area contributed by atoms with Crippen molar-refractivity contribution in [1.82, 2.24) is 4.90 Å². The molecule has 1 saturated heterocycles. The van der Waals surface area contributed by atoms with E-state index in [1.54, 1.807) is 0 Å². The van der Waals surface area contributed by atoms with E-state index in [-0.39, 0.29) is 11.9 Å². The van der Waals surface area contributed by atoms with Gasteiger partial charge in [-0.05, 0) is 51.7 Å². The number of ether oxygens (including phenoxy) is 1. The summed E-state index contributed by atoms with van der Waals surface area (Å²) in [7, 11) is 0. The number of nitrogens with zero attached hydrogens (tertiary/aromatic N) is 1. The maximum Gasteiger partial charge on any atom is 0.309 e. The topological polar surface area (TPSA) is 55.6 Å². The van der Waals surface area contributed by atoms with Crippen LogP contribution >= 0.6 is 0 Å². The van der Waals surface area contributed by atoms with E-state index >= 15 is 0 Å². The van der Waals surface area contributed by atoms with Gasteiger partial charge in [-0.1, -0.05) is 6.92 Å². The summed E-state index contributed by atoms with van der Waals surface area (Å²) in [5.41, 5.74) is 5.57. The van der Waals surface area contributed by atoms with Crippen molar-refractivity contribution in [2.45, 2.75) is 33.1 Å². The number of nitrogens with two attached hydrogens (primary N) is 1. The number of carbonyl (C=O) groups excluding carboxylic acids is 1. The molecule has 0 aromatic rings. The van der Waals surface area contributed by atoms with Crippen LogP contribution in [0.4, 0.5) is 0 Å². The van der Waals surface area contributed by atoms with Crippen LogP contribution in [0, 0.1) is 11.8 Å². The Hall–Kier alpha value is -0.610. The van der Waals surface area contributed by atoms with Crippen LogP contribution in [0.2, 0.25) is 0 Å². The third-order valence-electron chi connectivity index (χ3n) is 3.50. The second-order valence-corrected chi connectivity index (χ2v) is 4.97. The van der Waals surface area contributed by atoms with Gasteiger partial charge in [0.25, 0.3) is 0 Å². The highest BCUT2D eigenvalue weighted by atomic mass is 16.5. The molecule has 0 amide bonds. The van der Waals surface area contributed by atoms with Gasteiger partial charge in [-0.3, -0.25) is 4.79 Å². The quantitative estimate of drug-likeness (QED) is 0.712. The average Bonchev–Trinajstić information content (AvgIpc) is 2.32. The zero-order chi connectivity index (χ0) is 12.7. The monoisotopic (exact) mass is 242 g/mol. The Morgan fingerprint density at radius 2 is 2.12 bits per heavy atom. The van der Waals surface area contributed by atoms with Crippen LogP contribution in [0.1, 0.15) is 33.1 Å². The van der Waals surface area contributed by atoms with Gasteiger partial charge in [-0.25, -0.2) is 0 Å². The number of hydrogen-bond acceptors (Lipinski definition) is 4. The third-order valence-corrected chi connectivity index (χ3v) is 3.50. The Balaban J connectivity index is 2.23. The molecule has 1 unspecified atom stereocenters. The second-order valence-electron chi connectivity index (χ2n) is 4.97. The molecule has 4 nitrogen and oxygen atoms in total. The van der Waals surface area contributed by atoms with E-state index in [2.05, 4.69) is 4.90 Å². The lowest BCUT2D eigenvalue weighted by atomic mass is 9.93. The summed E-state index contributed by atoms with van der Waals surface area (Å²) in [6, 6.07) is 0. The third kappa shape index (κ3) is 5.04. The minimum Gasteiger partial charge on any atom is -0.466 e. The molecule has 1 fully saturated rings. The molecule has 4 heteroatoms. The normalized spacial score (nSPS) is 20.2. The SMILES string of the molecule is CCOC(=O)C(C)CN1CCC(CCN)CC1. The molecule has 1 heterocycles. The lowest BCUT2D eigenvalue weighted by Crippen LogP contribution is -2.39. The minimum atomic E-state index is -0.0726. The molecule has 0 spiro atoms. The molecule has 1 aliphatic heterocycles.